The van der Waals surface area contributed by atoms with Crippen LogP contribution in [0.2, 0.25) is 0 Å². The lowest BCUT2D eigenvalue weighted by atomic mass is 10.0. The van der Waals surface area contributed by atoms with Crippen LogP contribution in [-0.4, -0.2) is 46.9 Å². The molecule has 0 aromatic carbocycles. The van der Waals surface area contributed by atoms with Gasteiger partial charge in [0.25, 0.3) is 0 Å². The zero-order valence-corrected chi connectivity index (χ0v) is 36.4. The van der Waals surface area contributed by atoms with Crippen LogP contribution >= 0.6 is 0 Å². The highest BCUT2D eigenvalue weighted by molar-refractivity contribution is 5.78. The molecule has 0 rings (SSSR count). The fourth-order valence-electron chi connectivity index (χ4n) is 6.05. The maximum absolute atomic E-state index is 13.1. The summed E-state index contributed by atoms with van der Waals surface area (Å²) in [6.45, 7) is 6.14. The van der Waals surface area contributed by atoms with Crippen LogP contribution < -0.4 is 5.32 Å². The predicted molar refractivity (Wildman–Crippen MR) is 245 cm³/mol. The van der Waals surface area contributed by atoms with Crippen LogP contribution in [0.4, 0.5) is 0 Å². The van der Waals surface area contributed by atoms with E-state index in [2.05, 4.69) is 86.8 Å². The number of hydrogen-bond donors (Lipinski definition) is 3. The minimum Gasteiger partial charge on any atom is -0.458 e. The van der Waals surface area contributed by atoms with Gasteiger partial charge in [0.1, 0.15) is 6.10 Å². The molecule has 3 unspecified atom stereocenters. The van der Waals surface area contributed by atoms with E-state index in [0.29, 0.717) is 19.3 Å². The lowest BCUT2D eigenvalue weighted by Crippen LogP contribution is -2.46. The number of carbonyl (C=O) groups is 2. The molecular weight excluding hydrogens is 707 g/mol. The Bertz CT molecular complexity index is 1200. The first-order chi connectivity index (χ1) is 28.0. The highest BCUT2D eigenvalue weighted by Gasteiger charge is 2.23. The van der Waals surface area contributed by atoms with Gasteiger partial charge in [0.05, 0.1) is 25.2 Å². The monoisotopic (exact) mass is 790 g/mol. The molecule has 0 saturated carbocycles. The molecule has 0 bridgehead atoms. The maximum Gasteiger partial charge on any atom is 0.306 e. The summed E-state index contributed by atoms with van der Waals surface area (Å²) in [5, 5.41) is 23.6. The molecule has 0 spiro atoms. The van der Waals surface area contributed by atoms with Gasteiger partial charge in [-0.1, -0.05) is 201 Å². The molecular formula is C51H83NO5. The fourth-order valence-corrected chi connectivity index (χ4v) is 6.05. The lowest BCUT2D eigenvalue weighted by Gasteiger charge is -2.23. The normalized spacial score (nSPS) is 14.4. The van der Waals surface area contributed by atoms with Crippen molar-refractivity contribution in [1.82, 2.24) is 5.32 Å². The molecule has 6 heteroatoms. The smallest absolute Gasteiger partial charge is 0.306 e. The molecule has 322 valence electrons. The van der Waals surface area contributed by atoms with E-state index in [-0.39, 0.29) is 24.9 Å². The topological polar surface area (TPSA) is 95.9 Å². The van der Waals surface area contributed by atoms with Gasteiger partial charge in [-0.05, 0) is 70.3 Å². The van der Waals surface area contributed by atoms with Crippen molar-refractivity contribution in [3.8, 4) is 0 Å². The molecule has 6 nitrogen and oxygen atoms in total. The van der Waals surface area contributed by atoms with Crippen molar-refractivity contribution in [3.05, 3.63) is 109 Å². The molecule has 0 heterocycles. The summed E-state index contributed by atoms with van der Waals surface area (Å²) in [7, 11) is 0. The number of unbranched alkanes of at least 4 members (excludes halogenated alkanes) is 13. The summed E-state index contributed by atoms with van der Waals surface area (Å²) in [5.74, 6) is -0.689. The summed E-state index contributed by atoms with van der Waals surface area (Å²) in [6.07, 6.45) is 58.9. The van der Waals surface area contributed by atoms with Crippen LogP contribution in [0.5, 0.6) is 0 Å². The third-order valence-corrected chi connectivity index (χ3v) is 9.44. The van der Waals surface area contributed by atoms with Crippen LogP contribution in [-0.2, 0) is 14.3 Å². The van der Waals surface area contributed by atoms with E-state index in [0.717, 1.165) is 77.0 Å². The van der Waals surface area contributed by atoms with Crippen molar-refractivity contribution in [2.45, 2.75) is 193 Å². The zero-order chi connectivity index (χ0) is 41.7. The number of carbonyl (C=O) groups excluding carboxylic acids is 2. The average Bonchev–Trinajstić information content (AvgIpc) is 3.20. The third-order valence-electron chi connectivity index (χ3n) is 9.44. The molecule has 0 aliphatic carbocycles. The molecule has 0 aliphatic rings. The highest BCUT2D eigenvalue weighted by Crippen LogP contribution is 2.14. The largest absolute Gasteiger partial charge is 0.458 e. The van der Waals surface area contributed by atoms with Gasteiger partial charge >= 0.3 is 5.97 Å². The second-order valence-electron chi connectivity index (χ2n) is 14.8. The number of esters is 1. The van der Waals surface area contributed by atoms with Gasteiger partial charge in [-0.3, -0.25) is 9.59 Å². The van der Waals surface area contributed by atoms with Crippen molar-refractivity contribution in [2.24, 2.45) is 0 Å². The van der Waals surface area contributed by atoms with Gasteiger partial charge in [0.15, 0.2) is 0 Å². The Kier molecular flexibility index (Phi) is 41.0. The minimum absolute atomic E-state index is 0.0689. The SMILES string of the molecule is CC/C=C/C=C/C=C\C=C/CCCCCC(=O)OC(/C=C/C/C=C/C/C=C/C/C=C/C/C=C/CC)CC(=O)NC(CO)C(O)CCCCCCCCCCCCC. The quantitative estimate of drug-likeness (QED) is 0.0251. The Labute approximate surface area is 349 Å². The fraction of sp³-hybridized carbons (Fsp3) is 0.608. The molecule has 0 aromatic heterocycles. The Morgan fingerprint density at radius 3 is 1.61 bits per heavy atom. The van der Waals surface area contributed by atoms with E-state index in [4.69, 9.17) is 4.74 Å². The molecule has 1 amide bonds. The maximum atomic E-state index is 13.1. The van der Waals surface area contributed by atoms with Crippen LogP contribution in [0.15, 0.2) is 109 Å². The summed E-state index contributed by atoms with van der Waals surface area (Å²) >= 11 is 0. The number of hydrogen-bond acceptors (Lipinski definition) is 5. The third kappa shape index (κ3) is 39.1. The molecule has 3 N–H and O–H groups in total. The van der Waals surface area contributed by atoms with Gasteiger partial charge in [-0.2, -0.15) is 0 Å². The predicted octanol–water partition coefficient (Wildman–Crippen LogP) is 13.2. The van der Waals surface area contributed by atoms with E-state index in [9.17, 15) is 19.8 Å². The average molecular weight is 790 g/mol. The standard InChI is InChI=1S/C51H83NO5/c1-4-7-10-13-16-19-22-24-26-28-30-33-36-39-42-47(57-51(56)44-41-38-35-32-29-25-23-20-17-14-11-8-5-2)45-50(55)52-48(46-53)49(54)43-40-37-34-31-27-21-18-15-12-9-6-3/h7-8,10-11,14,16-17,19-20,23-26,29-30,33,39,42,47-49,53-54H,4-6,9,12-13,15,18,21-22,27-28,31-32,34-38,40-41,43-46H2,1-3H3,(H,52,55)/b10-7+,11-8+,17-14+,19-16+,23-20-,26-24+,29-25-,33-30+,42-39+. The van der Waals surface area contributed by atoms with E-state index in [1.54, 1.807) is 6.08 Å². The molecule has 0 fully saturated rings. The van der Waals surface area contributed by atoms with Crippen LogP contribution in [0.3, 0.4) is 0 Å². The summed E-state index contributed by atoms with van der Waals surface area (Å²) < 4.78 is 5.77. The zero-order valence-electron chi connectivity index (χ0n) is 36.4. The molecule has 3 atom stereocenters. The van der Waals surface area contributed by atoms with Crippen molar-refractivity contribution in [1.29, 1.82) is 0 Å². The van der Waals surface area contributed by atoms with Crippen molar-refractivity contribution < 1.29 is 24.5 Å². The van der Waals surface area contributed by atoms with E-state index in [1.807, 2.05) is 42.5 Å². The Morgan fingerprint density at radius 1 is 0.561 bits per heavy atom. The van der Waals surface area contributed by atoms with Gasteiger partial charge in [0, 0.05) is 6.42 Å². The number of amides is 1. The highest BCUT2D eigenvalue weighted by atomic mass is 16.5. The Balaban J connectivity index is 4.88. The number of nitrogens with one attached hydrogen (secondary N) is 1. The van der Waals surface area contributed by atoms with Crippen LogP contribution in [0.1, 0.15) is 175 Å². The Hall–Kier alpha value is -3.48. The number of aliphatic hydroxyl groups is 2. The number of rotatable bonds is 38. The second kappa shape index (κ2) is 43.6. The first-order valence-electron chi connectivity index (χ1n) is 22.7. The molecule has 0 saturated heterocycles. The summed E-state index contributed by atoms with van der Waals surface area (Å²) in [5.41, 5.74) is 0. The first-order valence-corrected chi connectivity index (χ1v) is 22.7. The lowest BCUT2D eigenvalue weighted by molar-refractivity contribution is -0.148. The van der Waals surface area contributed by atoms with E-state index in [1.165, 1.54) is 51.4 Å². The van der Waals surface area contributed by atoms with Crippen molar-refractivity contribution in [2.75, 3.05) is 6.61 Å². The minimum atomic E-state index is -0.831. The number of ether oxygens (including phenoxy) is 1. The van der Waals surface area contributed by atoms with Gasteiger partial charge in [-0.25, -0.2) is 0 Å². The molecule has 57 heavy (non-hydrogen) atoms. The van der Waals surface area contributed by atoms with Gasteiger partial charge < -0.3 is 20.3 Å². The number of allylic oxidation sites excluding steroid dienone is 17. The van der Waals surface area contributed by atoms with Crippen LogP contribution in [0.25, 0.3) is 0 Å². The Morgan fingerprint density at radius 2 is 1.05 bits per heavy atom. The first kappa shape index (κ1) is 53.5. The number of aliphatic hydroxyl groups excluding tert-OH is 2. The van der Waals surface area contributed by atoms with E-state index >= 15 is 0 Å². The van der Waals surface area contributed by atoms with Crippen molar-refractivity contribution >= 4 is 11.9 Å². The van der Waals surface area contributed by atoms with E-state index < -0.39 is 18.2 Å². The van der Waals surface area contributed by atoms with Gasteiger partial charge in [0.2, 0.25) is 5.91 Å². The van der Waals surface area contributed by atoms with Crippen LogP contribution in [0, 0.1) is 0 Å². The molecule has 0 aromatic rings. The molecule has 0 aliphatic heterocycles. The van der Waals surface area contributed by atoms with Crippen molar-refractivity contribution in [3.63, 3.8) is 0 Å². The molecule has 0 radical (unpaired) electrons. The second-order valence-corrected chi connectivity index (χ2v) is 14.8. The van der Waals surface area contributed by atoms with Gasteiger partial charge in [-0.15, -0.1) is 0 Å². The summed E-state index contributed by atoms with van der Waals surface area (Å²) in [6, 6.07) is -0.755. The summed E-state index contributed by atoms with van der Waals surface area (Å²) in [4.78, 5) is 25.9.